The molecule has 0 spiro atoms. The zero-order valence-electron chi connectivity index (χ0n) is 15.2. The van der Waals surface area contributed by atoms with Gasteiger partial charge in [0.05, 0.1) is 5.56 Å². The van der Waals surface area contributed by atoms with E-state index in [1.807, 2.05) is 22.7 Å². The number of nitrogens with zero attached hydrogens (tertiary/aromatic N) is 2. The van der Waals surface area contributed by atoms with Gasteiger partial charge in [0.25, 0.3) is 5.91 Å². The van der Waals surface area contributed by atoms with Gasteiger partial charge in [-0.3, -0.25) is 9.69 Å². The van der Waals surface area contributed by atoms with Crippen molar-refractivity contribution in [3.63, 3.8) is 0 Å². The fourth-order valence-corrected chi connectivity index (χ4v) is 4.28. The van der Waals surface area contributed by atoms with Crippen LogP contribution in [-0.4, -0.2) is 58.8 Å². The summed E-state index contributed by atoms with van der Waals surface area (Å²) in [6, 6.07) is 17.8. The minimum atomic E-state index is -0.0740. The first kappa shape index (κ1) is 18.8. The van der Waals surface area contributed by atoms with Crippen LogP contribution in [-0.2, 0) is 0 Å². The Morgan fingerprint density at radius 2 is 1.69 bits per heavy atom. The molecule has 2 aromatic carbocycles. The number of hydrogen-bond donors (Lipinski definition) is 1. The monoisotopic (exact) mass is 370 g/mol. The Balaban J connectivity index is 1.44. The molecule has 1 aliphatic heterocycles. The number of amides is 1. The minimum absolute atomic E-state index is 0.0613. The van der Waals surface area contributed by atoms with Gasteiger partial charge in [0, 0.05) is 37.1 Å². The van der Waals surface area contributed by atoms with Crippen LogP contribution in [0.25, 0.3) is 0 Å². The molecule has 1 heterocycles. The SMILES string of the molecule is C[C@@H](CCSc1ccccc1)N1CCN(C(=O)c2ccccc2O)CC1. The lowest BCUT2D eigenvalue weighted by molar-refractivity contribution is 0.0578. The number of benzene rings is 2. The summed E-state index contributed by atoms with van der Waals surface area (Å²) in [5.41, 5.74) is 0.397. The number of piperazine rings is 1. The molecule has 26 heavy (non-hydrogen) atoms. The van der Waals surface area contributed by atoms with Crippen LogP contribution in [0.15, 0.2) is 59.5 Å². The number of phenols is 1. The summed E-state index contributed by atoms with van der Waals surface area (Å²) in [5.74, 6) is 1.09. The molecule has 1 fully saturated rings. The number of phenolic OH excluding ortho intramolecular Hbond substituents is 1. The standard InChI is InChI=1S/C21H26N2O2S/c1-17(11-16-26-18-7-3-2-4-8-18)22-12-14-23(15-13-22)21(25)19-9-5-6-10-20(19)24/h2-10,17,24H,11-16H2,1H3/t17-/m0/s1. The van der Waals surface area contributed by atoms with Gasteiger partial charge in [-0.25, -0.2) is 0 Å². The highest BCUT2D eigenvalue weighted by Crippen LogP contribution is 2.22. The maximum atomic E-state index is 12.6. The molecule has 1 atom stereocenters. The van der Waals surface area contributed by atoms with E-state index in [0.717, 1.165) is 25.3 Å². The Kier molecular flexibility index (Phi) is 6.58. The van der Waals surface area contributed by atoms with E-state index >= 15 is 0 Å². The van der Waals surface area contributed by atoms with Crippen LogP contribution in [0.1, 0.15) is 23.7 Å². The fourth-order valence-electron chi connectivity index (χ4n) is 3.24. The quantitative estimate of drug-likeness (QED) is 0.787. The molecule has 0 aromatic heterocycles. The van der Waals surface area contributed by atoms with E-state index in [0.29, 0.717) is 24.7 Å². The maximum Gasteiger partial charge on any atom is 0.257 e. The summed E-state index contributed by atoms with van der Waals surface area (Å²) < 4.78 is 0. The minimum Gasteiger partial charge on any atom is -0.507 e. The number of rotatable bonds is 6. The second-order valence-electron chi connectivity index (χ2n) is 6.64. The average molecular weight is 371 g/mol. The van der Waals surface area contributed by atoms with Gasteiger partial charge in [-0.05, 0) is 43.4 Å². The lowest BCUT2D eigenvalue weighted by atomic mass is 10.1. The van der Waals surface area contributed by atoms with Crippen LogP contribution in [0.5, 0.6) is 5.75 Å². The van der Waals surface area contributed by atoms with Crippen LogP contribution in [0.3, 0.4) is 0 Å². The Morgan fingerprint density at radius 1 is 1.04 bits per heavy atom. The molecule has 138 valence electrons. The van der Waals surface area contributed by atoms with Crippen molar-refractivity contribution in [2.45, 2.75) is 24.3 Å². The zero-order chi connectivity index (χ0) is 18.4. The van der Waals surface area contributed by atoms with E-state index in [1.165, 1.54) is 4.90 Å². The first-order valence-corrected chi connectivity index (χ1v) is 10.1. The first-order chi connectivity index (χ1) is 12.6. The van der Waals surface area contributed by atoms with Crippen LogP contribution in [0, 0.1) is 0 Å². The third kappa shape index (κ3) is 4.80. The summed E-state index contributed by atoms with van der Waals surface area (Å²) >= 11 is 1.90. The molecule has 0 saturated carbocycles. The van der Waals surface area contributed by atoms with E-state index in [2.05, 4.69) is 36.1 Å². The summed E-state index contributed by atoms with van der Waals surface area (Å²) in [7, 11) is 0. The summed E-state index contributed by atoms with van der Waals surface area (Å²) in [4.78, 5) is 18.2. The Hall–Kier alpha value is -1.98. The van der Waals surface area contributed by atoms with Crippen molar-refractivity contribution >= 4 is 17.7 Å². The van der Waals surface area contributed by atoms with Gasteiger partial charge >= 0.3 is 0 Å². The number of aromatic hydroxyl groups is 1. The van der Waals surface area contributed by atoms with E-state index in [9.17, 15) is 9.90 Å². The smallest absolute Gasteiger partial charge is 0.257 e. The number of thioether (sulfide) groups is 1. The summed E-state index contributed by atoms with van der Waals surface area (Å²) in [6.07, 6.45) is 1.13. The lowest BCUT2D eigenvalue weighted by Crippen LogP contribution is -2.51. The van der Waals surface area contributed by atoms with Gasteiger partial charge in [0.15, 0.2) is 0 Å². The highest BCUT2D eigenvalue weighted by molar-refractivity contribution is 7.99. The summed E-state index contributed by atoms with van der Waals surface area (Å²) in [5, 5.41) is 9.88. The molecule has 1 aliphatic rings. The maximum absolute atomic E-state index is 12.6. The molecule has 2 aromatic rings. The number of para-hydroxylation sites is 1. The van der Waals surface area contributed by atoms with Crippen molar-refractivity contribution < 1.29 is 9.90 Å². The third-order valence-corrected chi connectivity index (χ3v) is 5.95. The highest BCUT2D eigenvalue weighted by atomic mass is 32.2. The van der Waals surface area contributed by atoms with Crippen molar-refractivity contribution in [2.75, 3.05) is 31.9 Å². The van der Waals surface area contributed by atoms with Crippen LogP contribution < -0.4 is 0 Å². The van der Waals surface area contributed by atoms with E-state index in [-0.39, 0.29) is 11.7 Å². The van der Waals surface area contributed by atoms with Crippen molar-refractivity contribution in [2.24, 2.45) is 0 Å². The molecule has 0 bridgehead atoms. The molecule has 0 unspecified atom stereocenters. The first-order valence-electron chi connectivity index (χ1n) is 9.14. The van der Waals surface area contributed by atoms with Crippen molar-refractivity contribution in [3.8, 4) is 5.75 Å². The largest absolute Gasteiger partial charge is 0.507 e. The molecule has 4 nitrogen and oxygen atoms in total. The number of hydrogen-bond acceptors (Lipinski definition) is 4. The Labute approximate surface area is 159 Å². The molecule has 5 heteroatoms. The van der Waals surface area contributed by atoms with E-state index in [1.54, 1.807) is 24.3 Å². The summed E-state index contributed by atoms with van der Waals surface area (Å²) in [6.45, 7) is 5.46. The molecule has 1 saturated heterocycles. The second kappa shape index (κ2) is 9.10. The van der Waals surface area contributed by atoms with Crippen LogP contribution >= 0.6 is 11.8 Å². The zero-order valence-corrected chi connectivity index (χ0v) is 16.0. The van der Waals surface area contributed by atoms with Gasteiger partial charge in [0.2, 0.25) is 0 Å². The molecular weight excluding hydrogens is 344 g/mol. The molecule has 1 N–H and O–H groups in total. The van der Waals surface area contributed by atoms with Gasteiger partial charge < -0.3 is 10.0 Å². The van der Waals surface area contributed by atoms with Gasteiger partial charge in [-0.1, -0.05) is 30.3 Å². The number of carbonyl (C=O) groups excluding carboxylic acids is 1. The predicted molar refractivity (Wildman–Crippen MR) is 107 cm³/mol. The number of carbonyl (C=O) groups is 1. The molecule has 0 aliphatic carbocycles. The average Bonchev–Trinajstić information content (AvgIpc) is 2.69. The van der Waals surface area contributed by atoms with Crippen LogP contribution in [0.4, 0.5) is 0 Å². The predicted octanol–water partition coefficient (Wildman–Crippen LogP) is 3.72. The Bertz CT molecular complexity index is 715. The van der Waals surface area contributed by atoms with Gasteiger partial charge in [-0.15, -0.1) is 11.8 Å². The normalized spacial score (nSPS) is 16.4. The van der Waals surface area contributed by atoms with Gasteiger partial charge in [-0.2, -0.15) is 0 Å². The third-order valence-electron chi connectivity index (χ3n) is 4.91. The van der Waals surface area contributed by atoms with Gasteiger partial charge in [0.1, 0.15) is 5.75 Å². The van der Waals surface area contributed by atoms with Crippen molar-refractivity contribution in [3.05, 3.63) is 60.2 Å². The van der Waals surface area contributed by atoms with Crippen LogP contribution in [0.2, 0.25) is 0 Å². The molecular formula is C21H26N2O2S. The lowest BCUT2D eigenvalue weighted by Gasteiger charge is -2.38. The van der Waals surface area contributed by atoms with E-state index in [4.69, 9.17) is 0 Å². The molecule has 3 rings (SSSR count). The fraction of sp³-hybridized carbons (Fsp3) is 0.381. The van der Waals surface area contributed by atoms with E-state index < -0.39 is 0 Å². The van der Waals surface area contributed by atoms with Crippen molar-refractivity contribution in [1.82, 2.24) is 9.80 Å². The second-order valence-corrected chi connectivity index (χ2v) is 7.81. The Morgan fingerprint density at radius 3 is 2.38 bits per heavy atom. The molecule has 0 radical (unpaired) electrons. The molecule has 1 amide bonds. The highest BCUT2D eigenvalue weighted by Gasteiger charge is 2.25. The van der Waals surface area contributed by atoms with Crippen molar-refractivity contribution in [1.29, 1.82) is 0 Å². The topological polar surface area (TPSA) is 43.8 Å².